The Bertz CT molecular complexity index is 695. The van der Waals surface area contributed by atoms with E-state index in [4.69, 9.17) is 0 Å². The minimum absolute atomic E-state index is 0.0828. The van der Waals surface area contributed by atoms with E-state index in [2.05, 4.69) is 50.5 Å². The number of thiophene rings is 1. The van der Waals surface area contributed by atoms with Gasteiger partial charge in [-0.1, -0.05) is 45.9 Å². The van der Waals surface area contributed by atoms with Gasteiger partial charge in [-0.15, -0.1) is 0 Å². The number of carbonyl (C=O) groups excluding carboxylic acids is 2. The first-order valence-electron chi connectivity index (χ1n) is 8.63. The quantitative estimate of drug-likeness (QED) is 0.750. The zero-order valence-electron chi connectivity index (χ0n) is 15.3. The molecule has 0 unspecified atom stereocenters. The summed E-state index contributed by atoms with van der Waals surface area (Å²) in [5.41, 5.74) is 3.84. The predicted octanol–water partition coefficient (Wildman–Crippen LogP) is 4.75. The summed E-state index contributed by atoms with van der Waals surface area (Å²) < 4.78 is 0. The largest absolute Gasteiger partial charge is 0.351 e. The van der Waals surface area contributed by atoms with Crippen molar-refractivity contribution < 1.29 is 9.59 Å². The van der Waals surface area contributed by atoms with Crippen LogP contribution >= 0.6 is 11.3 Å². The highest BCUT2D eigenvalue weighted by molar-refractivity contribution is 7.08. The van der Waals surface area contributed by atoms with Crippen LogP contribution in [0, 0.1) is 0 Å². The van der Waals surface area contributed by atoms with E-state index >= 15 is 0 Å². The Labute approximate surface area is 153 Å². The average molecular weight is 359 g/mol. The van der Waals surface area contributed by atoms with Crippen molar-refractivity contribution in [2.75, 3.05) is 11.9 Å². The molecule has 134 valence electrons. The van der Waals surface area contributed by atoms with Gasteiger partial charge in [0.1, 0.15) is 0 Å². The van der Waals surface area contributed by atoms with Crippen LogP contribution in [0.25, 0.3) is 0 Å². The molecule has 0 aliphatic heterocycles. The molecule has 0 aliphatic carbocycles. The lowest BCUT2D eigenvalue weighted by molar-refractivity contribution is -0.116. The lowest BCUT2D eigenvalue weighted by atomic mass is 9.92. The van der Waals surface area contributed by atoms with Crippen LogP contribution in [-0.2, 0) is 4.79 Å². The summed E-state index contributed by atoms with van der Waals surface area (Å²) in [4.78, 5) is 24.3. The molecule has 2 aromatic rings. The van der Waals surface area contributed by atoms with Crippen LogP contribution in [0.1, 0.15) is 67.4 Å². The molecule has 4 nitrogen and oxygen atoms in total. The molecule has 0 saturated carbocycles. The van der Waals surface area contributed by atoms with Crippen molar-refractivity contribution in [3.63, 3.8) is 0 Å². The Balaban J connectivity index is 1.99. The van der Waals surface area contributed by atoms with Crippen molar-refractivity contribution in [3.8, 4) is 0 Å². The SMILES string of the molecule is CC(C)c1cccc(C(C)C)c1NC(=O)CCNC(=O)c1ccsc1. The van der Waals surface area contributed by atoms with E-state index < -0.39 is 0 Å². The van der Waals surface area contributed by atoms with Crippen molar-refractivity contribution in [1.82, 2.24) is 5.32 Å². The van der Waals surface area contributed by atoms with Crippen molar-refractivity contribution in [3.05, 3.63) is 51.7 Å². The number of hydrogen-bond acceptors (Lipinski definition) is 3. The van der Waals surface area contributed by atoms with E-state index in [0.717, 1.165) is 16.8 Å². The Morgan fingerprint density at radius 2 is 1.68 bits per heavy atom. The smallest absolute Gasteiger partial charge is 0.252 e. The predicted molar refractivity (Wildman–Crippen MR) is 105 cm³/mol. The second-order valence-corrected chi connectivity index (χ2v) is 7.47. The fourth-order valence-corrected chi connectivity index (χ4v) is 3.32. The van der Waals surface area contributed by atoms with Crippen LogP contribution in [0.5, 0.6) is 0 Å². The zero-order valence-corrected chi connectivity index (χ0v) is 16.1. The van der Waals surface area contributed by atoms with E-state index in [1.165, 1.54) is 11.3 Å². The normalized spacial score (nSPS) is 11.0. The maximum absolute atomic E-state index is 12.4. The van der Waals surface area contributed by atoms with Gasteiger partial charge in [-0.05, 0) is 34.4 Å². The number of carbonyl (C=O) groups is 2. The summed E-state index contributed by atoms with van der Waals surface area (Å²) in [6, 6.07) is 7.93. The summed E-state index contributed by atoms with van der Waals surface area (Å²) in [6.45, 7) is 8.81. The summed E-state index contributed by atoms with van der Waals surface area (Å²) in [5.74, 6) is 0.430. The second kappa shape index (κ2) is 8.81. The van der Waals surface area contributed by atoms with Gasteiger partial charge >= 0.3 is 0 Å². The molecule has 0 aliphatic rings. The highest BCUT2D eigenvalue weighted by Gasteiger charge is 2.16. The summed E-state index contributed by atoms with van der Waals surface area (Å²) >= 11 is 1.48. The first kappa shape index (κ1) is 19.2. The maximum Gasteiger partial charge on any atom is 0.252 e. The minimum Gasteiger partial charge on any atom is -0.351 e. The summed E-state index contributed by atoms with van der Waals surface area (Å²) in [5, 5.41) is 9.50. The first-order chi connectivity index (χ1) is 11.9. The molecule has 2 rings (SSSR count). The Morgan fingerprint density at radius 1 is 1.04 bits per heavy atom. The first-order valence-corrected chi connectivity index (χ1v) is 9.57. The molecule has 0 fully saturated rings. The van der Waals surface area contributed by atoms with E-state index in [1.54, 1.807) is 11.4 Å². The third-order valence-electron chi connectivity index (χ3n) is 4.06. The summed E-state index contributed by atoms with van der Waals surface area (Å²) in [6.07, 6.45) is 0.250. The van der Waals surface area contributed by atoms with E-state index in [9.17, 15) is 9.59 Å². The molecule has 1 aromatic heterocycles. The molecular weight excluding hydrogens is 332 g/mol. The van der Waals surface area contributed by atoms with E-state index in [1.807, 2.05) is 11.4 Å². The number of hydrogen-bond donors (Lipinski definition) is 2. The zero-order chi connectivity index (χ0) is 18.4. The Hall–Kier alpha value is -2.14. The van der Waals surface area contributed by atoms with Crippen LogP contribution in [0.3, 0.4) is 0 Å². The van der Waals surface area contributed by atoms with Crippen LogP contribution in [-0.4, -0.2) is 18.4 Å². The van der Waals surface area contributed by atoms with Gasteiger partial charge in [-0.3, -0.25) is 9.59 Å². The lowest BCUT2D eigenvalue weighted by Gasteiger charge is -2.20. The highest BCUT2D eigenvalue weighted by Crippen LogP contribution is 2.32. The van der Waals surface area contributed by atoms with Gasteiger partial charge in [0, 0.05) is 29.6 Å². The lowest BCUT2D eigenvalue weighted by Crippen LogP contribution is -2.27. The Morgan fingerprint density at radius 3 is 2.20 bits per heavy atom. The van der Waals surface area contributed by atoms with Crippen LogP contribution in [0.2, 0.25) is 0 Å². The van der Waals surface area contributed by atoms with Crippen LogP contribution in [0.4, 0.5) is 5.69 Å². The fourth-order valence-electron chi connectivity index (χ4n) is 2.68. The molecule has 0 radical (unpaired) electrons. The standard InChI is InChI=1S/C20H26N2O2S/c1-13(2)16-6-5-7-17(14(3)4)19(16)22-18(23)8-10-21-20(24)15-9-11-25-12-15/h5-7,9,11-14H,8,10H2,1-4H3,(H,21,24)(H,22,23). The van der Waals surface area contributed by atoms with Crippen molar-refractivity contribution in [2.24, 2.45) is 0 Å². The molecular formula is C20H26N2O2S. The number of amides is 2. The molecule has 0 atom stereocenters. The van der Waals surface area contributed by atoms with Gasteiger partial charge in [0.2, 0.25) is 5.91 Å². The van der Waals surface area contributed by atoms with Gasteiger partial charge in [0.15, 0.2) is 0 Å². The molecule has 0 spiro atoms. The molecule has 0 bridgehead atoms. The number of benzene rings is 1. The molecule has 1 aromatic carbocycles. The van der Waals surface area contributed by atoms with Crippen molar-refractivity contribution in [1.29, 1.82) is 0 Å². The average Bonchev–Trinajstić information content (AvgIpc) is 3.09. The van der Waals surface area contributed by atoms with Crippen LogP contribution < -0.4 is 10.6 Å². The van der Waals surface area contributed by atoms with Gasteiger partial charge < -0.3 is 10.6 Å². The van der Waals surface area contributed by atoms with Gasteiger partial charge in [0.25, 0.3) is 5.91 Å². The number of nitrogens with one attached hydrogen (secondary N) is 2. The molecule has 1 heterocycles. The molecule has 5 heteroatoms. The maximum atomic E-state index is 12.4. The van der Waals surface area contributed by atoms with Crippen molar-refractivity contribution in [2.45, 2.75) is 46.0 Å². The topological polar surface area (TPSA) is 58.2 Å². The summed E-state index contributed by atoms with van der Waals surface area (Å²) in [7, 11) is 0. The van der Waals surface area contributed by atoms with E-state index in [-0.39, 0.29) is 18.2 Å². The monoisotopic (exact) mass is 358 g/mol. The number of rotatable bonds is 7. The molecule has 0 saturated heterocycles. The number of para-hydroxylation sites is 1. The van der Waals surface area contributed by atoms with Gasteiger partial charge in [-0.2, -0.15) is 11.3 Å². The van der Waals surface area contributed by atoms with Crippen molar-refractivity contribution >= 4 is 28.8 Å². The molecule has 25 heavy (non-hydrogen) atoms. The minimum atomic E-state index is -0.139. The third kappa shape index (κ3) is 5.16. The highest BCUT2D eigenvalue weighted by atomic mass is 32.1. The molecule has 2 amide bonds. The third-order valence-corrected chi connectivity index (χ3v) is 4.74. The van der Waals surface area contributed by atoms with Gasteiger partial charge in [0.05, 0.1) is 0 Å². The fraction of sp³-hybridized carbons (Fsp3) is 0.400. The van der Waals surface area contributed by atoms with Crippen LogP contribution in [0.15, 0.2) is 35.0 Å². The van der Waals surface area contributed by atoms with Gasteiger partial charge in [-0.25, -0.2) is 0 Å². The van der Waals surface area contributed by atoms with E-state index in [0.29, 0.717) is 23.9 Å². The Kier molecular flexibility index (Phi) is 6.76. The number of anilines is 1. The second-order valence-electron chi connectivity index (χ2n) is 6.69. The molecule has 2 N–H and O–H groups in total.